The van der Waals surface area contributed by atoms with Gasteiger partial charge in [0, 0.05) is 0 Å². The van der Waals surface area contributed by atoms with E-state index in [2.05, 4.69) is 0 Å². The lowest BCUT2D eigenvalue weighted by Crippen LogP contribution is -2.19. The van der Waals surface area contributed by atoms with Crippen molar-refractivity contribution in [3.05, 3.63) is 23.8 Å². The molecule has 1 aromatic rings. The second-order valence-corrected chi connectivity index (χ2v) is 3.89. The highest BCUT2D eigenvalue weighted by Gasteiger charge is 2.11. The minimum absolute atomic E-state index is 0.0384. The van der Waals surface area contributed by atoms with Crippen LogP contribution in [-0.2, 0) is 9.53 Å². The number of anilines is 1. The lowest BCUT2D eigenvalue weighted by Gasteiger charge is -2.11. The van der Waals surface area contributed by atoms with Crippen LogP contribution in [0.3, 0.4) is 0 Å². The van der Waals surface area contributed by atoms with Crippen molar-refractivity contribution < 1.29 is 24.2 Å². The maximum absolute atomic E-state index is 11.3. The first-order valence-corrected chi connectivity index (χ1v) is 5.35. The van der Waals surface area contributed by atoms with E-state index in [4.69, 9.17) is 20.3 Å². The first kappa shape index (κ1) is 13.8. The van der Waals surface area contributed by atoms with E-state index >= 15 is 0 Å². The average molecular weight is 253 g/mol. The summed E-state index contributed by atoms with van der Waals surface area (Å²) in [5.74, 6) is -1.48. The monoisotopic (exact) mass is 253 g/mol. The van der Waals surface area contributed by atoms with Gasteiger partial charge in [0.2, 0.25) is 0 Å². The molecule has 0 bridgehead atoms. The van der Waals surface area contributed by atoms with Crippen LogP contribution in [0.1, 0.15) is 24.2 Å². The van der Waals surface area contributed by atoms with E-state index in [9.17, 15) is 9.59 Å². The summed E-state index contributed by atoms with van der Waals surface area (Å²) in [5.41, 5.74) is 5.91. The molecule has 0 saturated carbocycles. The number of rotatable bonds is 5. The highest BCUT2D eigenvalue weighted by Crippen LogP contribution is 2.22. The molecule has 6 heteroatoms. The number of aromatic carboxylic acids is 1. The van der Waals surface area contributed by atoms with Gasteiger partial charge in [0.1, 0.15) is 5.75 Å². The van der Waals surface area contributed by atoms with E-state index in [-0.39, 0.29) is 29.7 Å². The molecule has 1 aromatic carbocycles. The summed E-state index contributed by atoms with van der Waals surface area (Å²) in [6, 6.07) is 4.03. The molecule has 0 heterocycles. The van der Waals surface area contributed by atoms with Crippen LogP contribution in [0.5, 0.6) is 5.75 Å². The van der Waals surface area contributed by atoms with Crippen molar-refractivity contribution in [3.8, 4) is 5.75 Å². The van der Waals surface area contributed by atoms with Crippen LogP contribution >= 0.6 is 0 Å². The van der Waals surface area contributed by atoms with Gasteiger partial charge in [0.15, 0.2) is 6.61 Å². The summed E-state index contributed by atoms with van der Waals surface area (Å²) in [5, 5.41) is 8.81. The third-order valence-corrected chi connectivity index (χ3v) is 1.97. The Kier molecular flexibility index (Phi) is 4.53. The summed E-state index contributed by atoms with van der Waals surface area (Å²) >= 11 is 0. The van der Waals surface area contributed by atoms with E-state index in [1.54, 1.807) is 13.8 Å². The van der Waals surface area contributed by atoms with Crippen molar-refractivity contribution in [1.29, 1.82) is 0 Å². The molecule has 6 nitrogen and oxygen atoms in total. The van der Waals surface area contributed by atoms with Crippen LogP contribution in [0.15, 0.2) is 18.2 Å². The Morgan fingerprint density at radius 1 is 1.39 bits per heavy atom. The van der Waals surface area contributed by atoms with Crippen LogP contribution in [0, 0.1) is 0 Å². The molecule has 0 unspecified atom stereocenters. The van der Waals surface area contributed by atoms with Crippen molar-refractivity contribution >= 4 is 17.6 Å². The van der Waals surface area contributed by atoms with Gasteiger partial charge in [-0.25, -0.2) is 9.59 Å². The number of carbonyl (C=O) groups excluding carboxylic acids is 1. The standard InChI is InChI=1S/C12H15NO5/c1-7(2)18-11(14)6-17-10-5-8(12(15)16)3-4-9(10)13/h3-5,7H,6,13H2,1-2H3,(H,15,16). The van der Waals surface area contributed by atoms with Crippen molar-refractivity contribution in [3.63, 3.8) is 0 Å². The van der Waals surface area contributed by atoms with E-state index < -0.39 is 11.9 Å². The maximum Gasteiger partial charge on any atom is 0.344 e. The highest BCUT2D eigenvalue weighted by atomic mass is 16.6. The molecule has 0 saturated heterocycles. The smallest absolute Gasteiger partial charge is 0.344 e. The fourth-order valence-corrected chi connectivity index (χ4v) is 1.23. The summed E-state index contributed by atoms with van der Waals surface area (Å²) in [6.07, 6.45) is -0.233. The number of carboxylic acid groups (broad SMARTS) is 1. The Bertz CT molecular complexity index is 456. The molecular formula is C12H15NO5. The minimum Gasteiger partial charge on any atom is -0.480 e. The minimum atomic E-state index is -1.09. The Balaban J connectivity index is 2.69. The van der Waals surface area contributed by atoms with Crippen molar-refractivity contribution in [2.75, 3.05) is 12.3 Å². The van der Waals surface area contributed by atoms with Crippen LogP contribution < -0.4 is 10.5 Å². The normalized spacial score (nSPS) is 10.2. The summed E-state index contributed by atoms with van der Waals surface area (Å²) < 4.78 is 10.00. The van der Waals surface area contributed by atoms with Gasteiger partial charge in [-0.1, -0.05) is 0 Å². The summed E-state index contributed by atoms with van der Waals surface area (Å²) in [7, 11) is 0. The second-order valence-electron chi connectivity index (χ2n) is 3.89. The predicted octanol–water partition coefficient (Wildman–Crippen LogP) is 1.30. The fraction of sp³-hybridized carbons (Fsp3) is 0.333. The van der Waals surface area contributed by atoms with Crippen LogP contribution in [0.25, 0.3) is 0 Å². The Morgan fingerprint density at radius 2 is 2.06 bits per heavy atom. The molecule has 0 spiro atoms. The fourth-order valence-electron chi connectivity index (χ4n) is 1.23. The Labute approximate surface area is 104 Å². The van der Waals surface area contributed by atoms with Crippen LogP contribution in [0.2, 0.25) is 0 Å². The lowest BCUT2D eigenvalue weighted by molar-refractivity contribution is -0.149. The molecule has 1 rings (SSSR count). The van der Waals surface area contributed by atoms with Crippen molar-refractivity contribution in [2.24, 2.45) is 0 Å². The molecule has 0 atom stereocenters. The van der Waals surface area contributed by atoms with Gasteiger partial charge in [-0.05, 0) is 32.0 Å². The number of nitrogens with two attached hydrogens (primary N) is 1. The number of esters is 1. The number of carboxylic acids is 1. The van der Waals surface area contributed by atoms with Gasteiger partial charge in [0.25, 0.3) is 0 Å². The molecular weight excluding hydrogens is 238 g/mol. The van der Waals surface area contributed by atoms with Crippen molar-refractivity contribution in [1.82, 2.24) is 0 Å². The zero-order valence-electron chi connectivity index (χ0n) is 10.2. The number of hydrogen-bond donors (Lipinski definition) is 2. The van der Waals surface area contributed by atoms with Gasteiger partial charge in [-0.3, -0.25) is 0 Å². The SMILES string of the molecule is CC(C)OC(=O)COc1cc(C(=O)O)ccc1N. The Hall–Kier alpha value is -2.24. The quantitative estimate of drug-likeness (QED) is 0.606. The first-order valence-electron chi connectivity index (χ1n) is 5.35. The highest BCUT2D eigenvalue weighted by molar-refractivity contribution is 5.89. The molecule has 0 amide bonds. The molecule has 0 aliphatic heterocycles. The molecule has 0 fully saturated rings. The molecule has 0 aromatic heterocycles. The van der Waals surface area contributed by atoms with Gasteiger partial charge in [0.05, 0.1) is 17.4 Å². The van der Waals surface area contributed by atoms with Gasteiger partial charge >= 0.3 is 11.9 Å². The van der Waals surface area contributed by atoms with Gasteiger partial charge < -0.3 is 20.3 Å². The first-order chi connectivity index (χ1) is 8.40. The topological polar surface area (TPSA) is 98.8 Å². The molecule has 0 radical (unpaired) electrons. The van der Waals surface area contributed by atoms with E-state index in [1.807, 2.05) is 0 Å². The predicted molar refractivity (Wildman–Crippen MR) is 64.5 cm³/mol. The largest absolute Gasteiger partial charge is 0.480 e. The molecule has 0 aliphatic carbocycles. The maximum atomic E-state index is 11.3. The van der Waals surface area contributed by atoms with Gasteiger partial charge in [-0.2, -0.15) is 0 Å². The zero-order chi connectivity index (χ0) is 13.7. The second kappa shape index (κ2) is 5.90. The number of hydrogen-bond acceptors (Lipinski definition) is 5. The average Bonchev–Trinajstić information content (AvgIpc) is 2.26. The number of nitrogen functional groups attached to an aromatic ring is 1. The number of ether oxygens (including phenoxy) is 2. The van der Waals surface area contributed by atoms with Gasteiger partial charge in [-0.15, -0.1) is 0 Å². The van der Waals surface area contributed by atoms with Crippen LogP contribution in [0.4, 0.5) is 5.69 Å². The van der Waals surface area contributed by atoms with E-state index in [0.717, 1.165) is 0 Å². The Morgan fingerprint density at radius 3 is 2.61 bits per heavy atom. The molecule has 3 N–H and O–H groups in total. The zero-order valence-corrected chi connectivity index (χ0v) is 10.2. The summed E-state index contributed by atoms with van der Waals surface area (Å²) in [6.45, 7) is 3.13. The van der Waals surface area contributed by atoms with E-state index in [1.165, 1.54) is 18.2 Å². The summed E-state index contributed by atoms with van der Waals surface area (Å²) in [4.78, 5) is 22.0. The molecule has 98 valence electrons. The molecule has 0 aliphatic rings. The molecule has 18 heavy (non-hydrogen) atoms. The lowest BCUT2D eigenvalue weighted by atomic mass is 10.2. The van der Waals surface area contributed by atoms with Crippen molar-refractivity contribution in [2.45, 2.75) is 20.0 Å². The number of benzene rings is 1. The van der Waals surface area contributed by atoms with Crippen LogP contribution in [-0.4, -0.2) is 29.8 Å². The number of carbonyl (C=O) groups is 2. The third kappa shape index (κ3) is 3.97. The van der Waals surface area contributed by atoms with E-state index in [0.29, 0.717) is 0 Å². The third-order valence-electron chi connectivity index (χ3n) is 1.97.